The van der Waals surface area contributed by atoms with Crippen molar-refractivity contribution in [2.75, 3.05) is 20.8 Å². The molecule has 0 radical (unpaired) electrons. The largest absolute Gasteiger partial charge is 0.416 e. The van der Waals surface area contributed by atoms with Crippen LogP contribution >= 0.6 is 0 Å². The highest BCUT2D eigenvalue weighted by Gasteiger charge is 2.31. The lowest BCUT2D eigenvalue weighted by Crippen LogP contribution is -2.45. The normalized spacial score (nSPS) is 14.6. The van der Waals surface area contributed by atoms with Crippen molar-refractivity contribution in [3.05, 3.63) is 35.4 Å². The van der Waals surface area contributed by atoms with Gasteiger partial charge in [0.2, 0.25) is 5.91 Å². The zero-order valence-electron chi connectivity index (χ0n) is 12.1. The molecule has 0 fully saturated rings. The topological polar surface area (TPSA) is 55.6 Å². The van der Waals surface area contributed by atoms with Crippen LogP contribution in [-0.4, -0.2) is 37.6 Å². The third-order valence-corrected chi connectivity index (χ3v) is 3.29. The van der Waals surface area contributed by atoms with Crippen LogP contribution in [0.25, 0.3) is 0 Å². The van der Waals surface area contributed by atoms with Crippen molar-refractivity contribution in [1.82, 2.24) is 4.90 Å². The Morgan fingerprint density at radius 2 is 2.05 bits per heavy atom. The summed E-state index contributed by atoms with van der Waals surface area (Å²) in [5, 5.41) is 0. The van der Waals surface area contributed by atoms with Gasteiger partial charge in [0.1, 0.15) is 6.04 Å². The number of hydrogen-bond acceptors (Lipinski definition) is 3. The van der Waals surface area contributed by atoms with E-state index in [-0.39, 0.29) is 12.5 Å². The van der Waals surface area contributed by atoms with Crippen molar-refractivity contribution in [2.45, 2.75) is 25.2 Å². The molecule has 4 nitrogen and oxygen atoms in total. The van der Waals surface area contributed by atoms with E-state index >= 15 is 0 Å². The number of amides is 1. The van der Waals surface area contributed by atoms with Gasteiger partial charge in [-0.15, -0.1) is 0 Å². The number of halogens is 3. The quantitative estimate of drug-likeness (QED) is 0.907. The smallest absolute Gasteiger partial charge is 0.383 e. The summed E-state index contributed by atoms with van der Waals surface area (Å²) >= 11 is 0. The van der Waals surface area contributed by atoms with E-state index in [1.165, 1.54) is 25.1 Å². The van der Waals surface area contributed by atoms with Gasteiger partial charge in [-0.2, -0.15) is 13.2 Å². The molecule has 1 aromatic rings. The number of ether oxygens (including phenoxy) is 1. The van der Waals surface area contributed by atoms with E-state index in [9.17, 15) is 18.0 Å². The second kappa shape index (κ2) is 6.91. The van der Waals surface area contributed by atoms with Gasteiger partial charge in [0.25, 0.3) is 0 Å². The Morgan fingerprint density at radius 1 is 1.43 bits per heavy atom. The fraction of sp³-hybridized carbons (Fsp3) is 0.500. The van der Waals surface area contributed by atoms with Crippen LogP contribution in [0.3, 0.4) is 0 Å². The summed E-state index contributed by atoms with van der Waals surface area (Å²) in [6, 6.07) is 3.54. The number of likely N-dealkylation sites (N-methyl/N-ethyl adjacent to an activating group) is 1. The monoisotopic (exact) mass is 304 g/mol. The first kappa shape index (κ1) is 17.5. The number of nitrogens with zero attached hydrogens (tertiary/aromatic N) is 1. The van der Waals surface area contributed by atoms with E-state index in [1.807, 2.05) is 0 Å². The molecule has 21 heavy (non-hydrogen) atoms. The summed E-state index contributed by atoms with van der Waals surface area (Å²) < 4.78 is 42.9. The van der Waals surface area contributed by atoms with Gasteiger partial charge in [0.05, 0.1) is 18.2 Å². The van der Waals surface area contributed by atoms with Crippen LogP contribution in [0.4, 0.5) is 13.2 Å². The molecule has 0 saturated heterocycles. The molecular formula is C14H19F3N2O2. The van der Waals surface area contributed by atoms with E-state index in [0.717, 1.165) is 12.1 Å². The molecule has 0 aliphatic carbocycles. The van der Waals surface area contributed by atoms with Crippen LogP contribution in [0.2, 0.25) is 0 Å². The standard InChI is InChI=1S/C14H19F3N2O2/c1-9(19(2)13(20)12(18)8-21-3)10-5-4-6-11(7-10)14(15,16)17/h4-7,9,12H,8,18H2,1-3H3. The minimum atomic E-state index is -4.41. The lowest BCUT2D eigenvalue weighted by Gasteiger charge is -2.28. The first-order valence-corrected chi connectivity index (χ1v) is 6.36. The summed E-state index contributed by atoms with van der Waals surface area (Å²) in [6.07, 6.45) is -4.41. The van der Waals surface area contributed by atoms with Gasteiger partial charge in [-0.25, -0.2) is 0 Å². The van der Waals surface area contributed by atoms with Gasteiger partial charge < -0.3 is 15.4 Å². The highest BCUT2D eigenvalue weighted by atomic mass is 19.4. The minimum absolute atomic E-state index is 0.0541. The van der Waals surface area contributed by atoms with Crippen molar-refractivity contribution in [2.24, 2.45) is 5.73 Å². The van der Waals surface area contributed by atoms with Gasteiger partial charge in [-0.1, -0.05) is 12.1 Å². The van der Waals surface area contributed by atoms with E-state index < -0.39 is 23.8 Å². The Labute approximate surface area is 121 Å². The van der Waals surface area contributed by atoms with Crippen molar-refractivity contribution in [1.29, 1.82) is 0 Å². The molecule has 2 N–H and O–H groups in total. The molecule has 0 spiro atoms. The third-order valence-electron chi connectivity index (χ3n) is 3.29. The molecule has 1 aromatic carbocycles. The number of rotatable bonds is 5. The Morgan fingerprint density at radius 3 is 2.57 bits per heavy atom. The van der Waals surface area contributed by atoms with E-state index in [4.69, 9.17) is 10.5 Å². The van der Waals surface area contributed by atoms with Crippen LogP contribution in [-0.2, 0) is 15.7 Å². The Hall–Kier alpha value is -1.60. The minimum Gasteiger partial charge on any atom is -0.383 e. The Kier molecular flexibility index (Phi) is 5.74. The van der Waals surface area contributed by atoms with Crippen molar-refractivity contribution < 1.29 is 22.7 Å². The predicted molar refractivity (Wildman–Crippen MR) is 72.5 cm³/mol. The number of nitrogens with two attached hydrogens (primary N) is 1. The SMILES string of the molecule is COCC(N)C(=O)N(C)C(C)c1cccc(C(F)(F)F)c1. The molecule has 118 valence electrons. The number of hydrogen-bond donors (Lipinski definition) is 1. The molecule has 7 heteroatoms. The number of methoxy groups -OCH3 is 1. The second-order valence-corrected chi connectivity index (χ2v) is 4.81. The molecular weight excluding hydrogens is 285 g/mol. The average Bonchev–Trinajstić information content (AvgIpc) is 2.44. The molecule has 0 saturated carbocycles. The zero-order chi connectivity index (χ0) is 16.2. The molecule has 2 unspecified atom stereocenters. The summed E-state index contributed by atoms with van der Waals surface area (Å²) in [7, 11) is 2.92. The maximum Gasteiger partial charge on any atom is 0.416 e. The van der Waals surface area contributed by atoms with Crippen molar-refractivity contribution >= 4 is 5.91 Å². The maximum atomic E-state index is 12.7. The predicted octanol–water partition coefficient (Wildman–Crippen LogP) is 2.20. The van der Waals surface area contributed by atoms with Crippen LogP contribution in [0, 0.1) is 0 Å². The van der Waals surface area contributed by atoms with Gasteiger partial charge in [0.15, 0.2) is 0 Å². The summed E-state index contributed by atoms with van der Waals surface area (Å²) in [6.45, 7) is 1.70. The zero-order valence-corrected chi connectivity index (χ0v) is 12.1. The van der Waals surface area contributed by atoms with Gasteiger partial charge in [0, 0.05) is 14.2 Å². The molecule has 1 rings (SSSR count). The first-order valence-electron chi connectivity index (χ1n) is 6.36. The van der Waals surface area contributed by atoms with Crippen LogP contribution in [0.5, 0.6) is 0 Å². The number of alkyl halides is 3. The number of carbonyl (C=O) groups is 1. The molecule has 0 heterocycles. The Bertz CT molecular complexity index is 491. The summed E-state index contributed by atoms with van der Waals surface area (Å²) in [5.74, 6) is -0.387. The van der Waals surface area contributed by atoms with Gasteiger partial charge >= 0.3 is 6.18 Å². The molecule has 0 aliphatic heterocycles. The van der Waals surface area contributed by atoms with Crippen molar-refractivity contribution in [3.8, 4) is 0 Å². The fourth-order valence-electron chi connectivity index (χ4n) is 1.90. The van der Waals surface area contributed by atoms with E-state index in [2.05, 4.69) is 0 Å². The highest BCUT2D eigenvalue weighted by Crippen LogP contribution is 2.31. The number of benzene rings is 1. The van der Waals surface area contributed by atoms with Crippen molar-refractivity contribution in [3.63, 3.8) is 0 Å². The second-order valence-electron chi connectivity index (χ2n) is 4.81. The molecule has 0 bridgehead atoms. The van der Waals surface area contributed by atoms with Gasteiger partial charge in [-0.3, -0.25) is 4.79 Å². The molecule has 2 atom stereocenters. The van der Waals surface area contributed by atoms with Gasteiger partial charge in [-0.05, 0) is 24.6 Å². The van der Waals surface area contributed by atoms with Crippen LogP contribution in [0.1, 0.15) is 24.1 Å². The summed E-state index contributed by atoms with van der Waals surface area (Å²) in [4.78, 5) is 13.3. The third kappa shape index (κ3) is 4.44. The van der Waals surface area contributed by atoms with E-state index in [1.54, 1.807) is 13.0 Å². The lowest BCUT2D eigenvalue weighted by molar-refractivity contribution is -0.137. The first-order chi connectivity index (χ1) is 9.68. The molecule has 0 aromatic heterocycles. The molecule has 0 aliphatic rings. The number of carbonyl (C=O) groups excluding carboxylic acids is 1. The maximum absolute atomic E-state index is 12.7. The average molecular weight is 304 g/mol. The fourth-order valence-corrected chi connectivity index (χ4v) is 1.90. The van der Waals surface area contributed by atoms with E-state index in [0.29, 0.717) is 5.56 Å². The Balaban J connectivity index is 2.93. The van der Waals surface area contributed by atoms with Crippen LogP contribution < -0.4 is 5.73 Å². The van der Waals surface area contributed by atoms with Crippen LogP contribution in [0.15, 0.2) is 24.3 Å². The molecule has 1 amide bonds. The summed E-state index contributed by atoms with van der Waals surface area (Å²) in [5.41, 5.74) is 5.30. The lowest BCUT2D eigenvalue weighted by atomic mass is 10.0. The highest BCUT2D eigenvalue weighted by molar-refractivity contribution is 5.82.